The van der Waals surface area contributed by atoms with Gasteiger partial charge in [0, 0.05) is 11.5 Å². The van der Waals surface area contributed by atoms with Crippen molar-refractivity contribution in [2.75, 3.05) is 0 Å². The summed E-state index contributed by atoms with van der Waals surface area (Å²) < 4.78 is 0. The van der Waals surface area contributed by atoms with Crippen molar-refractivity contribution in [2.24, 2.45) is 0 Å². The standard InChI is InChI=1S/C29H25NO/c1-2-27(23-15-7-3-8-16-23)29(25-19-11-5-12-20-25,26-21-13-6-14-22-26)30-28(31)24-17-9-4-10-18-24/h2-22,27H,1H2,(H,30,31). The fourth-order valence-electron chi connectivity index (χ4n) is 4.21. The number of amides is 1. The minimum Gasteiger partial charge on any atom is -0.337 e. The molecule has 4 aromatic carbocycles. The van der Waals surface area contributed by atoms with Crippen LogP contribution in [0.1, 0.15) is 33.0 Å². The van der Waals surface area contributed by atoms with Crippen LogP contribution >= 0.6 is 0 Å². The molecule has 152 valence electrons. The molecule has 0 saturated heterocycles. The molecule has 1 N–H and O–H groups in total. The molecule has 1 atom stereocenters. The summed E-state index contributed by atoms with van der Waals surface area (Å²) in [5, 5.41) is 3.42. The second kappa shape index (κ2) is 9.27. The first-order valence-electron chi connectivity index (χ1n) is 10.4. The summed E-state index contributed by atoms with van der Waals surface area (Å²) in [5.41, 5.74) is 2.87. The highest BCUT2D eigenvalue weighted by Crippen LogP contribution is 2.43. The van der Waals surface area contributed by atoms with Gasteiger partial charge in [-0.25, -0.2) is 0 Å². The SMILES string of the molecule is C=CC(c1ccccc1)C(NC(=O)c1ccccc1)(c1ccccc1)c1ccccc1. The van der Waals surface area contributed by atoms with Crippen LogP contribution in [0.25, 0.3) is 0 Å². The van der Waals surface area contributed by atoms with Gasteiger partial charge in [-0.1, -0.05) is 115 Å². The van der Waals surface area contributed by atoms with Crippen LogP contribution in [-0.2, 0) is 5.54 Å². The van der Waals surface area contributed by atoms with Gasteiger partial charge in [0.05, 0.1) is 0 Å². The quantitative estimate of drug-likeness (QED) is 0.359. The molecule has 2 heteroatoms. The van der Waals surface area contributed by atoms with Gasteiger partial charge < -0.3 is 5.32 Å². The van der Waals surface area contributed by atoms with Crippen LogP contribution in [0.3, 0.4) is 0 Å². The van der Waals surface area contributed by atoms with Gasteiger partial charge in [-0.05, 0) is 28.8 Å². The van der Waals surface area contributed by atoms with E-state index < -0.39 is 5.54 Å². The lowest BCUT2D eigenvalue weighted by molar-refractivity contribution is 0.0906. The fourth-order valence-corrected chi connectivity index (χ4v) is 4.21. The van der Waals surface area contributed by atoms with E-state index in [0.29, 0.717) is 5.56 Å². The first-order chi connectivity index (χ1) is 15.3. The summed E-state index contributed by atoms with van der Waals surface area (Å²) in [4.78, 5) is 13.5. The molecule has 0 aliphatic rings. The zero-order valence-electron chi connectivity index (χ0n) is 17.3. The molecule has 31 heavy (non-hydrogen) atoms. The first kappa shape index (κ1) is 20.4. The highest BCUT2D eigenvalue weighted by Gasteiger charge is 2.43. The number of benzene rings is 4. The molecular weight excluding hydrogens is 378 g/mol. The first-order valence-corrected chi connectivity index (χ1v) is 10.4. The third-order valence-electron chi connectivity index (χ3n) is 5.67. The van der Waals surface area contributed by atoms with Crippen molar-refractivity contribution in [3.05, 3.63) is 156 Å². The van der Waals surface area contributed by atoms with E-state index in [4.69, 9.17) is 0 Å². The van der Waals surface area contributed by atoms with Crippen molar-refractivity contribution in [1.29, 1.82) is 0 Å². The van der Waals surface area contributed by atoms with Crippen molar-refractivity contribution in [2.45, 2.75) is 11.5 Å². The Balaban J connectivity index is 1.97. The molecular formula is C29H25NO. The van der Waals surface area contributed by atoms with Crippen LogP contribution in [0.2, 0.25) is 0 Å². The molecule has 0 aromatic heterocycles. The molecule has 0 aliphatic carbocycles. The van der Waals surface area contributed by atoms with E-state index in [-0.39, 0.29) is 11.8 Å². The van der Waals surface area contributed by atoms with E-state index in [0.717, 1.165) is 16.7 Å². The second-order valence-corrected chi connectivity index (χ2v) is 7.48. The van der Waals surface area contributed by atoms with Crippen LogP contribution in [0.5, 0.6) is 0 Å². The monoisotopic (exact) mass is 403 g/mol. The van der Waals surface area contributed by atoms with E-state index in [2.05, 4.69) is 48.3 Å². The minimum atomic E-state index is -0.835. The smallest absolute Gasteiger partial charge is 0.252 e. The lowest BCUT2D eigenvalue weighted by Gasteiger charge is -2.42. The van der Waals surface area contributed by atoms with Crippen molar-refractivity contribution < 1.29 is 4.79 Å². The molecule has 0 bridgehead atoms. The van der Waals surface area contributed by atoms with Crippen molar-refractivity contribution in [3.8, 4) is 0 Å². The Morgan fingerprint density at radius 1 is 0.677 bits per heavy atom. The average molecular weight is 404 g/mol. The predicted octanol–water partition coefficient (Wildman–Crippen LogP) is 6.33. The Hall–Kier alpha value is -3.91. The van der Waals surface area contributed by atoms with Crippen LogP contribution in [0.15, 0.2) is 134 Å². The van der Waals surface area contributed by atoms with E-state index in [1.807, 2.05) is 91.0 Å². The number of hydrogen-bond donors (Lipinski definition) is 1. The Bertz CT molecular complexity index is 1080. The maximum atomic E-state index is 13.5. The maximum absolute atomic E-state index is 13.5. The van der Waals surface area contributed by atoms with E-state index in [9.17, 15) is 4.79 Å². The van der Waals surface area contributed by atoms with Crippen LogP contribution in [0.4, 0.5) is 0 Å². The van der Waals surface area contributed by atoms with Gasteiger partial charge in [0.25, 0.3) is 5.91 Å². The molecule has 0 spiro atoms. The zero-order chi connectivity index (χ0) is 21.5. The summed E-state index contributed by atoms with van der Waals surface area (Å²) in [5.74, 6) is -0.317. The van der Waals surface area contributed by atoms with Gasteiger partial charge >= 0.3 is 0 Å². The largest absolute Gasteiger partial charge is 0.337 e. The lowest BCUT2D eigenvalue weighted by Crippen LogP contribution is -2.50. The molecule has 1 amide bonds. The molecule has 0 radical (unpaired) electrons. The zero-order valence-corrected chi connectivity index (χ0v) is 17.3. The number of hydrogen-bond acceptors (Lipinski definition) is 1. The molecule has 0 heterocycles. The van der Waals surface area contributed by atoms with Gasteiger partial charge in [0.15, 0.2) is 0 Å². The highest BCUT2D eigenvalue weighted by atomic mass is 16.1. The number of carbonyl (C=O) groups excluding carboxylic acids is 1. The summed E-state index contributed by atoms with van der Waals surface area (Å²) in [6.45, 7) is 4.18. The van der Waals surface area contributed by atoms with E-state index in [1.54, 1.807) is 0 Å². The Labute approximate surface area is 183 Å². The molecule has 4 aromatic rings. The van der Waals surface area contributed by atoms with Crippen molar-refractivity contribution in [3.63, 3.8) is 0 Å². The predicted molar refractivity (Wildman–Crippen MR) is 127 cm³/mol. The molecule has 2 nitrogen and oxygen atoms in total. The summed E-state index contributed by atoms with van der Waals surface area (Å²) in [6, 6.07) is 39.8. The van der Waals surface area contributed by atoms with Gasteiger partial charge in [0.1, 0.15) is 5.54 Å². The fraction of sp³-hybridized carbons (Fsp3) is 0.0690. The van der Waals surface area contributed by atoms with E-state index in [1.165, 1.54) is 0 Å². The highest BCUT2D eigenvalue weighted by molar-refractivity contribution is 5.95. The third-order valence-corrected chi connectivity index (χ3v) is 5.67. The summed E-state index contributed by atoms with van der Waals surface area (Å²) >= 11 is 0. The average Bonchev–Trinajstić information content (AvgIpc) is 2.86. The van der Waals surface area contributed by atoms with Gasteiger partial charge in [-0.3, -0.25) is 4.79 Å². The number of nitrogens with one attached hydrogen (secondary N) is 1. The maximum Gasteiger partial charge on any atom is 0.252 e. The molecule has 0 fully saturated rings. The number of carbonyl (C=O) groups is 1. The summed E-state index contributed by atoms with van der Waals surface area (Å²) in [7, 11) is 0. The second-order valence-electron chi connectivity index (χ2n) is 7.48. The normalized spacial score (nSPS) is 12.0. The third kappa shape index (κ3) is 4.06. The number of rotatable bonds is 7. The van der Waals surface area contributed by atoms with Gasteiger partial charge in [-0.15, -0.1) is 6.58 Å². The van der Waals surface area contributed by atoms with Gasteiger partial charge in [-0.2, -0.15) is 0 Å². The van der Waals surface area contributed by atoms with Crippen LogP contribution in [-0.4, -0.2) is 5.91 Å². The van der Waals surface area contributed by atoms with Crippen molar-refractivity contribution in [1.82, 2.24) is 5.32 Å². The topological polar surface area (TPSA) is 29.1 Å². The van der Waals surface area contributed by atoms with Crippen LogP contribution in [0, 0.1) is 0 Å². The molecule has 4 rings (SSSR count). The van der Waals surface area contributed by atoms with E-state index >= 15 is 0 Å². The Morgan fingerprint density at radius 3 is 1.55 bits per heavy atom. The molecule has 1 unspecified atom stereocenters. The summed E-state index contributed by atoms with van der Waals surface area (Å²) in [6.07, 6.45) is 1.93. The lowest BCUT2D eigenvalue weighted by atomic mass is 9.70. The Kier molecular flexibility index (Phi) is 6.09. The minimum absolute atomic E-state index is 0.129. The van der Waals surface area contributed by atoms with Crippen LogP contribution < -0.4 is 5.32 Å². The van der Waals surface area contributed by atoms with Gasteiger partial charge in [0.2, 0.25) is 0 Å². The Morgan fingerprint density at radius 2 is 1.10 bits per heavy atom. The molecule has 0 aliphatic heterocycles. The van der Waals surface area contributed by atoms with Crippen molar-refractivity contribution >= 4 is 5.91 Å². The molecule has 0 saturated carbocycles.